The second-order valence-electron chi connectivity index (χ2n) is 5.29. The van der Waals surface area contributed by atoms with Crippen LogP contribution in [0.2, 0.25) is 10.0 Å². The molecule has 1 aromatic carbocycles. The molecule has 23 heavy (non-hydrogen) atoms. The Kier molecular flexibility index (Phi) is 4.50. The van der Waals surface area contributed by atoms with E-state index in [0.717, 1.165) is 12.8 Å². The van der Waals surface area contributed by atoms with Gasteiger partial charge in [0.05, 0.1) is 0 Å². The maximum absolute atomic E-state index is 12.3. The van der Waals surface area contributed by atoms with Gasteiger partial charge >= 0.3 is 0 Å². The first kappa shape index (κ1) is 15.8. The first-order valence-electron chi connectivity index (χ1n) is 7.05. The average molecular weight is 350 g/mol. The van der Waals surface area contributed by atoms with Gasteiger partial charge in [-0.3, -0.25) is 14.6 Å². The summed E-state index contributed by atoms with van der Waals surface area (Å²) in [5.41, 5.74) is 1.03. The van der Waals surface area contributed by atoms with Crippen LogP contribution >= 0.6 is 23.2 Å². The molecular formula is C16H13Cl2N3O2. The zero-order valence-electron chi connectivity index (χ0n) is 12.0. The Hall–Kier alpha value is -2.11. The molecule has 1 aromatic heterocycles. The molecule has 0 atom stereocenters. The standard InChI is InChI=1S/C16H13Cl2N3O2/c17-10-6-11(18)8-13(7-10)21-15(22)9-3-4-19-14(5-9)16(23)20-12-1-2-12/h3-8,12H,1-2H2,(H,20,23)(H,21,22). The Morgan fingerprint density at radius 3 is 2.39 bits per heavy atom. The van der Waals surface area contributed by atoms with Crippen molar-refractivity contribution < 1.29 is 9.59 Å². The van der Waals surface area contributed by atoms with E-state index < -0.39 is 0 Å². The predicted octanol–water partition coefficient (Wildman–Crippen LogP) is 3.53. The van der Waals surface area contributed by atoms with Gasteiger partial charge in [-0.1, -0.05) is 23.2 Å². The third kappa shape index (κ3) is 4.21. The van der Waals surface area contributed by atoms with Gasteiger partial charge in [-0.25, -0.2) is 0 Å². The molecule has 0 spiro atoms. The van der Waals surface area contributed by atoms with Gasteiger partial charge in [0.15, 0.2) is 0 Å². The Morgan fingerprint density at radius 2 is 1.74 bits per heavy atom. The van der Waals surface area contributed by atoms with Crippen LogP contribution in [0.3, 0.4) is 0 Å². The number of hydrogen-bond donors (Lipinski definition) is 2. The second kappa shape index (κ2) is 6.56. The number of nitrogens with one attached hydrogen (secondary N) is 2. The summed E-state index contributed by atoms with van der Waals surface area (Å²) in [7, 11) is 0. The number of pyridine rings is 1. The van der Waals surface area contributed by atoms with E-state index in [1.807, 2.05) is 0 Å². The Labute approximate surface area is 143 Å². The number of carbonyl (C=O) groups excluding carboxylic acids is 2. The van der Waals surface area contributed by atoms with Crippen molar-refractivity contribution >= 4 is 40.7 Å². The lowest BCUT2D eigenvalue weighted by Crippen LogP contribution is -2.26. The summed E-state index contributed by atoms with van der Waals surface area (Å²) in [5, 5.41) is 6.37. The van der Waals surface area contributed by atoms with Crippen molar-refractivity contribution in [3.8, 4) is 0 Å². The molecule has 1 heterocycles. The molecule has 1 aliphatic carbocycles. The fraction of sp³-hybridized carbons (Fsp3) is 0.188. The number of nitrogens with zero attached hydrogens (tertiary/aromatic N) is 1. The van der Waals surface area contributed by atoms with Crippen molar-refractivity contribution in [2.45, 2.75) is 18.9 Å². The smallest absolute Gasteiger partial charge is 0.270 e. The number of amides is 2. The fourth-order valence-electron chi connectivity index (χ4n) is 2.01. The lowest BCUT2D eigenvalue weighted by atomic mass is 10.2. The van der Waals surface area contributed by atoms with Gasteiger partial charge in [0.1, 0.15) is 5.69 Å². The van der Waals surface area contributed by atoms with Crippen LogP contribution in [0.4, 0.5) is 5.69 Å². The maximum atomic E-state index is 12.3. The molecule has 0 aliphatic heterocycles. The lowest BCUT2D eigenvalue weighted by molar-refractivity contribution is 0.0946. The van der Waals surface area contributed by atoms with E-state index in [9.17, 15) is 9.59 Å². The normalized spacial score (nSPS) is 13.5. The summed E-state index contributed by atoms with van der Waals surface area (Å²) in [6.07, 6.45) is 3.41. The molecule has 0 bridgehead atoms. The van der Waals surface area contributed by atoms with E-state index in [1.54, 1.807) is 18.2 Å². The van der Waals surface area contributed by atoms with Gasteiger partial charge in [-0.15, -0.1) is 0 Å². The van der Waals surface area contributed by atoms with Crippen molar-refractivity contribution in [1.29, 1.82) is 0 Å². The highest BCUT2D eigenvalue weighted by Gasteiger charge is 2.24. The third-order valence-corrected chi connectivity index (χ3v) is 3.72. The van der Waals surface area contributed by atoms with Crippen LogP contribution in [0.25, 0.3) is 0 Å². The van der Waals surface area contributed by atoms with Crippen molar-refractivity contribution in [3.05, 3.63) is 57.8 Å². The zero-order valence-corrected chi connectivity index (χ0v) is 13.5. The first-order chi connectivity index (χ1) is 11.0. The average Bonchev–Trinajstić information content (AvgIpc) is 3.30. The van der Waals surface area contributed by atoms with Gasteiger partial charge in [0.2, 0.25) is 0 Å². The zero-order chi connectivity index (χ0) is 16.4. The SMILES string of the molecule is O=C(Nc1cc(Cl)cc(Cl)c1)c1ccnc(C(=O)NC2CC2)c1. The minimum absolute atomic E-state index is 0.216. The highest BCUT2D eigenvalue weighted by Crippen LogP contribution is 2.23. The predicted molar refractivity (Wildman–Crippen MR) is 89.1 cm³/mol. The number of hydrogen-bond acceptors (Lipinski definition) is 3. The maximum Gasteiger partial charge on any atom is 0.270 e. The van der Waals surface area contributed by atoms with E-state index in [4.69, 9.17) is 23.2 Å². The van der Waals surface area contributed by atoms with E-state index in [2.05, 4.69) is 15.6 Å². The van der Waals surface area contributed by atoms with E-state index in [1.165, 1.54) is 18.3 Å². The molecule has 1 fully saturated rings. The van der Waals surface area contributed by atoms with Crippen LogP contribution in [0.5, 0.6) is 0 Å². The van der Waals surface area contributed by atoms with Crippen molar-refractivity contribution in [2.24, 2.45) is 0 Å². The molecule has 5 nitrogen and oxygen atoms in total. The number of aromatic nitrogens is 1. The molecule has 0 unspecified atom stereocenters. The van der Waals surface area contributed by atoms with Gasteiger partial charge in [-0.2, -0.15) is 0 Å². The second-order valence-corrected chi connectivity index (χ2v) is 6.16. The van der Waals surface area contributed by atoms with Crippen LogP contribution in [-0.4, -0.2) is 22.8 Å². The Balaban J connectivity index is 1.75. The molecule has 1 aliphatic rings. The number of anilines is 1. The van der Waals surface area contributed by atoms with Crippen LogP contribution in [0.1, 0.15) is 33.7 Å². The van der Waals surface area contributed by atoms with Crippen LogP contribution < -0.4 is 10.6 Å². The van der Waals surface area contributed by atoms with E-state index in [0.29, 0.717) is 21.3 Å². The van der Waals surface area contributed by atoms with Crippen molar-refractivity contribution in [2.75, 3.05) is 5.32 Å². The summed E-state index contributed by atoms with van der Waals surface area (Å²) >= 11 is 11.8. The summed E-state index contributed by atoms with van der Waals surface area (Å²) in [6.45, 7) is 0. The van der Waals surface area contributed by atoms with Gasteiger partial charge in [0, 0.05) is 33.5 Å². The van der Waals surface area contributed by atoms with Gasteiger partial charge < -0.3 is 10.6 Å². The molecule has 7 heteroatoms. The van der Waals surface area contributed by atoms with E-state index >= 15 is 0 Å². The van der Waals surface area contributed by atoms with Crippen LogP contribution in [0.15, 0.2) is 36.5 Å². The summed E-state index contributed by atoms with van der Waals surface area (Å²) < 4.78 is 0. The lowest BCUT2D eigenvalue weighted by Gasteiger charge is -2.08. The molecule has 0 saturated heterocycles. The van der Waals surface area contributed by atoms with Crippen LogP contribution in [-0.2, 0) is 0 Å². The molecule has 1 saturated carbocycles. The minimum Gasteiger partial charge on any atom is -0.348 e. The Bertz CT molecular complexity index is 755. The molecule has 118 valence electrons. The van der Waals surface area contributed by atoms with Gasteiger partial charge in [-0.05, 0) is 43.2 Å². The van der Waals surface area contributed by atoms with Gasteiger partial charge in [0.25, 0.3) is 11.8 Å². The monoisotopic (exact) mass is 349 g/mol. The molecule has 2 amide bonds. The number of rotatable bonds is 4. The quantitative estimate of drug-likeness (QED) is 0.886. The molecule has 2 N–H and O–H groups in total. The fourth-order valence-corrected chi connectivity index (χ4v) is 2.54. The molecule has 2 aromatic rings. The highest BCUT2D eigenvalue weighted by molar-refractivity contribution is 6.35. The van der Waals surface area contributed by atoms with Crippen molar-refractivity contribution in [3.63, 3.8) is 0 Å². The number of carbonyl (C=O) groups is 2. The third-order valence-electron chi connectivity index (χ3n) is 3.29. The largest absolute Gasteiger partial charge is 0.348 e. The first-order valence-corrected chi connectivity index (χ1v) is 7.81. The highest BCUT2D eigenvalue weighted by atomic mass is 35.5. The topological polar surface area (TPSA) is 71.1 Å². The van der Waals surface area contributed by atoms with Crippen molar-refractivity contribution in [1.82, 2.24) is 10.3 Å². The summed E-state index contributed by atoms with van der Waals surface area (Å²) in [5.74, 6) is -0.640. The summed E-state index contributed by atoms with van der Waals surface area (Å²) in [6, 6.07) is 7.98. The minimum atomic E-state index is -0.369. The number of halogens is 2. The number of benzene rings is 1. The summed E-state index contributed by atoms with van der Waals surface area (Å²) in [4.78, 5) is 28.3. The molecule has 0 radical (unpaired) electrons. The Morgan fingerprint density at radius 1 is 1.04 bits per heavy atom. The molecule has 3 rings (SSSR count). The van der Waals surface area contributed by atoms with Crippen LogP contribution in [0, 0.1) is 0 Å². The van der Waals surface area contributed by atoms with E-state index in [-0.39, 0.29) is 23.6 Å². The molecular weight excluding hydrogens is 337 g/mol.